The molecule has 1 N–H and O–H groups in total. The van der Waals surface area contributed by atoms with Gasteiger partial charge in [0.1, 0.15) is 5.75 Å². The molecule has 6 heteroatoms. The fourth-order valence-corrected chi connectivity index (χ4v) is 2.69. The highest BCUT2D eigenvalue weighted by Crippen LogP contribution is 2.33. The van der Waals surface area contributed by atoms with Gasteiger partial charge in [0.2, 0.25) is 0 Å². The first-order valence-electron chi connectivity index (χ1n) is 6.31. The molecule has 2 nitrogen and oxygen atoms in total. The molecule has 0 aromatic heterocycles. The summed E-state index contributed by atoms with van der Waals surface area (Å²) < 4.78 is 5.55. The molecule has 0 amide bonds. The molecule has 0 aliphatic carbocycles. The Morgan fingerprint density at radius 1 is 1.00 bits per heavy atom. The third-order valence-electron chi connectivity index (χ3n) is 2.84. The normalized spacial score (nSPS) is 10.5. The van der Waals surface area contributed by atoms with Crippen molar-refractivity contribution < 1.29 is 4.74 Å². The van der Waals surface area contributed by atoms with Crippen LogP contribution in [0.3, 0.4) is 0 Å². The molecular weight excluding hydrogens is 352 g/mol. The van der Waals surface area contributed by atoms with Crippen molar-refractivity contribution in [3.8, 4) is 5.75 Å². The second kappa shape index (κ2) is 7.46. The summed E-state index contributed by atoms with van der Waals surface area (Å²) in [5.41, 5.74) is 1.50. The maximum absolute atomic E-state index is 6.18. The van der Waals surface area contributed by atoms with Gasteiger partial charge in [-0.15, -0.1) is 0 Å². The van der Waals surface area contributed by atoms with Crippen molar-refractivity contribution in [3.05, 3.63) is 56.0 Å². The number of hydrogen-bond acceptors (Lipinski definition) is 2. The van der Waals surface area contributed by atoms with Crippen molar-refractivity contribution in [3.63, 3.8) is 0 Å². The van der Waals surface area contributed by atoms with Gasteiger partial charge < -0.3 is 10.1 Å². The van der Waals surface area contributed by atoms with Crippen LogP contribution < -0.4 is 10.1 Å². The quantitative estimate of drug-likeness (QED) is 0.627. The largest absolute Gasteiger partial charge is 0.492 e. The van der Waals surface area contributed by atoms with E-state index in [1.54, 1.807) is 24.3 Å². The molecule has 0 aliphatic heterocycles. The maximum atomic E-state index is 6.18. The average Bonchev–Trinajstić information content (AvgIpc) is 2.46. The van der Waals surface area contributed by atoms with Crippen molar-refractivity contribution in [2.45, 2.75) is 13.5 Å². The lowest BCUT2D eigenvalue weighted by molar-refractivity contribution is 0.341. The van der Waals surface area contributed by atoms with Gasteiger partial charge in [0.15, 0.2) is 0 Å². The zero-order valence-corrected chi connectivity index (χ0v) is 14.2. The third-order valence-corrected chi connectivity index (χ3v) is 4.27. The van der Waals surface area contributed by atoms with Crippen molar-refractivity contribution in [1.29, 1.82) is 0 Å². The highest BCUT2D eigenvalue weighted by Gasteiger charge is 2.11. The van der Waals surface area contributed by atoms with Gasteiger partial charge in [-0.05, 0) is 37.3 Å². The van der Waals surface area contributed by atoms with Gasteiger partial charge in [0.25, 0.3) is 0 Å². The standard InChI is InChI=1S/C15H13Cl4NO/c1-2-21-14-6-3-9(16)7-13(14)20-8-10-11(17)4-5-12(18)15(10)19/h3-7,20H,2,8H2,1H3. The zero-order chi connectivity index (χ0) is 15.4. The number of nitrogens with one attached hydrogen (secondary N) is 1. The molecule has 2 aromatic carbocycles. The van der Waals surface area contributed by atoms with E-state index in [0.29, 0.717) is 33.2 Å². The molecule has 0 bridgehead atoms. The van der Waals surface area contributed by atoms with Crippen LogP contribution in [0.25, 0.3) is 0 Å². The molecule has 0 radical (unpaired) electrons. The van der Waals surface area contributed by atoms with Crippen LogP contribution in [-0.2, 0) is 6.54 Å². The predicted molar refractivity (Wildman–Crippen MR) is 91.4 cm³/mol. The predicted octanol–water partition coefficient (Wildman–Crippen LogP) is 6.31. The lowest BCUT2D eigenvalue weighted by atomic mass is 10.2. The highest BCUT2D eigenvalue weighted by atomic mass is 35.5. The van der Waals surface area contributed by atoms with Crippen molar-refractivity contribution in [1.82, 2.24) is 0 Å². The van der Waals surface area contributed by atoms with E-state index in [-0.39, 0.29) is 0 Å². The highest BCUT2D eigenvalue weighted by molar-refractivity contribution is 6.44. The van der Waals surface area contributed by atoms with E-state index in [1.165, 1.54) is 0 Å². The molecule has 0 heterocycles. The van der Waals surface area contributed by atoms with Gasteiger partial charge in [0, 0.05) is 22.2 Å². The summed E-state index contributed by atoms with van der Waals surface area (Å²) in [6.45, 7) is 2.90. The van der Waals surface area contributed by atoms with Gasteiger partial charge in [-0.3, -0.25) is 0 Å². The third kappa shape index (κ3) is 4.10. The van der Waals surface area contributed by atoms with E-state index < -0.39 is 0 Å². The molecule has 2 aromatic rings. The molecule has 0 fully saturated rings. The first-order valence-corrected chi connectivity index (χ1v) is 7.82. The molecule has 0 spiro atoms. The van der Waals surface area contributed by atoms with Crippen LogP contribution in [0.5, 0.6) is 5.75 Å². The Balaban J connectivity index is 2.24. The van der Waals surface area contributed by atoms with E-state index >= 15 is 0 Å². The van der Waals surface area contributed by atoms with Crippen molar-refractivity contribution in [2.75, 3.05) is 11.9 Å². The maximum Gasteiger partial charge on any atom is 0.142 e. The van der Waals surface area contributed by atoms with Crippen LogP contribution in [-0.4, -0.2) is 6.61 Å². The van der Waals surface area contributed by atoms with Crippen molar-refractivity contribution >= 4 is 52.1 Å². The van der Waals surface area contributed by atoms with Gasteiger partial charge in [-0.1, -0.05) is 46.4 Å². The lowest BCUT2D eigenvalue weighted by Gasteiger charge is -2.14. The monoisotopic (exact) mass is 363 g/mol. The minimum absolute atomic E-state index is 0.415. The molecule has 0 atom stereocenters. The van der Waals surface area contributed by atoms with Crippen LogP contribution in [0.2, 0.25) is 20.1 Å². The summed E-state index contributed by atoms with van der Waals surface area (Å²) in [4.78, 5) is 0. The molecule has 0 aliphatic rings. The van der Waals surface area contributed by atoms with E-state index in [2.05, 4.69) is 5.32 Å². The summed E-state index contributed by atoms with van der Waals surface area (Å²) in [6.07, 6.45) is 0. The molecule has 2 rings (SSSR count). The van der Waals surface area contributed by atoms with E-state index in [4.69, 9.17) is 51.1 Å². The Bertz CT molecular complexity index is 646. The van der Waals surface area contributed by atoms with Crippen LogP contribution >= 0.6 is 46.4 Å². The fourth-order valence-electron chi connectivity index (χ4n) is 1.84. The Morgan fingerprint density at radius 3 is 2.43 bits per heavy atom. The summed E-state index contributed by atoms with van der Waals surface area (Å²) in [7, 11) is 0. The Labute approximate surface area is 143 Å². The molecule has 0 saturated carbocycles. The van der Waals surface area contributed by atoms with Crippen LogP contribution in [0.1, 0.15) is 12.5 Å². The Hall–Kier alpha value is -0.800. The van der Waals surface area contributed by atoms with E-state index in [9.17, 15) is 0 Å². The fraction of sp³-hybridized carbons (Fsp3) is 0.200. The second-order valence-electron chi connectivity index (χ2n) is 4.25. The minimum Gasteiger partial charge on any atom is -0.492 e. The molecule has 0 saturated heterocycles. The molecule has 21 heavy (non-hydrogen) atoms. The lowest BCUT2D eigenvalue weighted by Crippen LogP contribution is -2.04. The molecular formula is C15H13Cl4NO. The van der Waals surface area contributed by atoms with Gasteiger partial charge in [-0.2, -0.15) is 0 Å². The average molecular weight is 365 g/mol. The van der Waals surface area contributed by atoms with Crippen LogP contribution in [0, 0.1) is 0 Å². The smallest absolute Gasteiger partial charge is 0.142 e. The summed E-state index contributed by atoms with van der Waals surface area (Å²) in [5.74, 6) is 0.719. The van der Waals surface area contributed by atoms with E-state index in [1.807, 2.05) is 13.0 Å². The summed E-state index contributed by atoms with van der Waals surface area (Å²) >= 11 is 24.4. The number of ether oxygens (including phenoxy) is 1. The first kappa shape index (κ1) is 16.6. The number of halogens is 4. The van der Waals surface area contributed by atoms with E-state index in [0.717, 1.165) is 17.0 Å². The zero-order valence-electron chi connectivity index (χ0n) is 11.2. The summed E-state index contributed by atoms with van der Waals surface area (Å²) in [6, 6.07) is 8.76. The van der Waals surface area contributed by atoms with Gasteiger partial charge in [-0.25, -0.2) is 0 Å². The van der Waals surface area contributed by atoms with Crippen LogP contribution in [0.4, 0.5) is 5.69 Å². The second-order valence-corrected chi connectivity index (χ2v) is 5.88. The number of rotatable bonds is 5. The SMILES string of the molecule is CCOc1ccc(Cl)cc1NCc1c(Cl)ccc(Cl)c1Cl. The van der Waals surface area contributed by atoms with Crippen LogP contribution in [0.15, 0.2) is 30.3 Å². The van der Waals surface area contributed by atoms with Gasteiger partial charge >= 0.3 is 0 Å². The minimum atomic E-state index is 0.415. The number of benzene rings is 2. The Morgan fingerprint density at radius 2 is 1.71 bits per heavy atom. The first-order chi connectivity index (χ1) is 10.0. The topological polar surface area (TPSA) is 21.3 Å². The number of anilines is 1. The summed E-state index contributed by atoms with van der Waals surface area (Å²) in [5, 5.41) is 5.30. The Kier molecular flexibility index (Phi) is 5.88. The molecule has 112 valence electrons. The number of hydrogen-bond donors (Lipinski definition) is 1. The van der Waals surface area contributed by atoms with Gasteiger partial charge in [0.05, 0.1) is 22.3 Å². The van der Waals surface area contributed by atoms with Crippen molar-refractivity contribution in [2.24, 2.45) is 0 Å². The molecule has 0 unspecified atom stereocenters.